The molecule has 0 aromatic heterocycles. The van der Waals surface area contributed by atoms with Crippen LogP contribution in [0.15, 0.2) is 0 Å². The monoisotopic (exact) mass is 429 g/mol. The van der Waals surface area contributed by atoms with Gasteiger partial charge in [0.1, 0.15) is 17.5 Å². The number of alkyl carbamates (subject to hydrolysis) is 2. The van der Waals surface area contributed by atoms with Gasteiger partial charge in [0.25, 0.3) is 0 Å². The number of nitriles is 1. The zero-order valence-electron chi connectivity index (χ0n) is 19.6. The van der Waals surface area contributed by atoms with E-state index < -0.39 is 41.6 Å². The molecule has 3 atom stereocenters. The molecule has 9 nitrogen and oxygen atoms in total. The lowest BCUT2D eigenvalue weighted by Crippen LogP contribution is -2.44. The SMILES string of the molecule is CCCC(C=O)NC(=O)OC(C)(C)C.CCCC(NC(=O)OC(C)(C)C)C(O)C#N. The Hall–Kier alpha value is -2.34. The van der Waals surface area contributed by atoms with Gasteiger partial charge in [0, 0.05) is 0 Å². The Balaban J connectivity index is 0. The summed E-state index contributed by atoms with van der Waals surface area (Å²) in [7, 11) is 0. The molecule has 0 aliphatic rings. The molecule has 0 saturated heterocycles. The van der Waals surface area contributed by atoms with Crippen molar-refractivity contribution in [3.8, 4) is 6.07 Å². The molecule has 0 bridgehead atoms. The summed E-state index contributed by atoms with van der Waals surface area (Å²) in [6.45, 7) is 14.5. The second kappa shape index (κ2) is 14.6. The highest BCUT2D eigenvalue weighted by Crippen LogP contribution is 2.09. The van der Waals surface area contributed by atoms with E-state index in [0.29, 0.717) is 12.8 Å². The van der Waals surface area contributed by atoms with Gasteiger partial charge in [-0.25, -0.2) is 9.59 Å². The van der Waals surface area contributed by atoms with Crippen LogP contribution in [0, 0.1) is 11.3 Å². The molecule has 0 spiro atoms. The maximum absolute atomic E-state index is 11.4. The van der Waals surface area contributed by atoms with Gasteiger partial charge in [-0.2, -0.15) is 5.26 Å². The Morgan fingerprint density at radius 3 is 1.73 bits per heavy atom. The second-order valence-electron chi connectivity index (χ2n) is 8.79. The Labute approximate surface area is 180 Å². The lowest BCUT2D eigenvalue weighted by molar-refractivity contribution is -0.109. The smallest absolute Gasteiger partial charge is 0.408 e. The van der Waals surface area contributed by atoms with Crippen LogP contribution in [0.25, 0.3) is 0 Å². The summed E-state index contributed by atoms with van der Waals surface area (Å²) >= 11 is 0. The Bertz CT molecular complexity index is 561. The first-order valence-corrected chi connectivity index (χ1v) is 10.2. The van der Waals surface area contributed by atoms with Gasteiger partial charge < -0.3 is 30.0 Å². The number of carbonyl (C=O) groups excluding carboxylic acids is 3. The fourth-order valence-corrected chi connectivity index (χ4v) is 2.11. The average molecular weight is 430 g/mol. The summed E-state index contributed by atoms with van der Waals surface area (Å²) in [5.74, 6) is 0. The van der Waals surface area contributed by atoms with Crippen molar-refractivity contribution >= 4 is 18.5 Å². The zero-order chi connectivity index (χ0) is 24.0. The van der Waals surface area contributed by atoms with Crippen molar-refractivity contribution in [3.05, 3.63) is 0 Å². The molecule has 0 saturated carbocycles. The lowest BCUT2D eigenvalue weighted by atomic mass is 10.1. The van der Waals surface area contributed by atoms with Crippen LogP contribution >= 0.6 is 0 Å². The fourth-order valence-electron chi connectivity index (χ4n) is 2.11. The number of nitrogens with one attached hydrogen (secondary N) is 2. The van der Waals surface area contributed by atoms with Crippen molar-refractivity contribution in [3.63, 3.8) is 0 Å². The van der Waals surface area contributed by atoms with Crippen molar-refractivity contribution in [1.29, 1.82) is 5.26 Å². The molecule has 0 aromatic carbocycles. The predicted molar refractivity (Wildman–Crippen MR) is 114 cm³/mol. The van der Waals surface area contributed by atoms with E-state index in [1.807, 2.05) is 13.8 Å². The standard InChI is InChI=1S/C11H20N2O3.C10H19NO3/c1-5-6-8(9(14)7-12)13-10(15)16-11(2,3)4;1-5-6-8(7-12)11-9(13)14-10(2,3)4/h8-9,14H,5-6H2,1-4H3,(H,13,15);7-8H,5-6H2,1-4H3,(H,11,13). The van der Waals surface area contributed by atoms with Crippen LogP contribution in [0.4, 0.5) is 9.59 Å². The molecule has 0 radical (unpaired) electrons. The molecular weight excluding hydrogens is 390 g/mol. The molecule has 0 aliphatic carbocycles. The van der Waals surface area contributed by atoms with Gasteiger partial charge in [-0.1, -0.05) is 26.7 Å². The van der Waals surface area contributed by atoms with E-state index in [9.17, 15) is 19.5 Å². The van der Waals surface area contributed by atoms with Gasteiger partial charge in [-0.15, -0.1) is 0 Å². The van der Waals surface area contributed by atoms with Crippen LogP contribution < -0.4 is 10.6 Å². The van der Waals surface area contributed by atoms with E-state index in [-0.39, 0.29) is 0 Å². The molecule has 174 valence electrons. The molecule has 30 heavy (non-hydrogen) atoms. The lowest BCUT2D eigenvalue weighted by Gasteiger charge is -2.24. The highest BCUT2D eigenvalue weighted by Gasteiger charge is 2.23. The number of aliphatic hydroxyl groups is 1. The first kappa shape index (κ1) is 29.9. The third-order valence-corrected chi connectivity index (χ3v) is 3.28. The van der Waals surface area contributed by atoms with Crippen molar-refractivity contribution in [2.75, 3.05) is 0 Å². The normalized spacial score (nSPS) is 14.0. The van der Waals surface area contributed by atoms with Gasteiger partial charge in [-0.3, -0.25) is 0 Å². The molecule has 9 heteroatoms. The van der Waals surface area contributed by atoms with Crippen LogP contribution in [0.2, 0.25) is 0 Å². The van der Waals surface area contributed by atoms with Crippen LogP contribution in [0.5, 0.6) is 0 Å². The molecule has 3 unspecified atom stereocenters. The summed E-state index contributed by atoms with van der Waals surface area (Å²) in [5.41, 5.74) is -1.11. The number of aliphatic hydroxyl groups excluding tert-OH is 1. The third-order valence-electron chi connectivity index (χ3n) is 3.28. The maximum Gasteiger partial charge on any atom is 0.408 e. The van der Waals surface area contributed by atoms with Crippen molar-refractivity contribution in [2.45, 2.75) is 110 Å². The maximum atomic E-state index is 11.4. The molecule has 0 aliphatic heterocycles. The van der Waals surface area contributed by atoms with Crippen molar-refractivity contribution < 1.29 is 29.0 Å². The Morgan fingerprint density at radius 1 is 0.967 bits per heavy atom. The van der Waals surface area contributed by atoms with Crippen LogP contribution in [0.1, 0.15) is 81.1 Å². The summed E-state index contributed by atoms with van der Waals surface area (Å²) in [6.07, 6.45) is 1.17. The first-order chi connectivity index (χ1) is 13.7. The number of rotatable bonds is 8. The highest BCUT2D eigenvalue weighted by molar-refractivity contribution is 5.73. The molecule has 0 rings (SSSR count). The number of hydrogen-bond acceptors (Lipinski definition) is 7. The van der Waals surface area contributed by atoms with Crippen molar-refractivity contribution in [2.24, 2.45) is 0 Å². The van der Waals surface area contributed by atoms with Gasteiger partial charge in [0.15, 0.2) is 6.10 Å². The van der Waals surface area contributed by atoms with Crippen LogP contribution in [-0.4, -0.2) is 53.0 Å². The molecular formula is C21H39N3O6. The van der Waals surface area contributed by atoms with Gasteiger partial charge in [0.05, 0.1) is 18.2 Å². The number of nitrogens with zero attached hydrogens (tertiary/aromatic N) is 1. The quantitative estimate of drug-likeness (QED) is 0.397. The Morgan fingerprint density at radius 2 is 1.40 bits per heavy atom. The van der Waals surface area contributed by atoms with Gasteiger partial charge in [-0.05, 0) is 54.4 Å². The van der Waals surface area contributed by atoms with E-state index in [1.165, 1.54) is 0 Å². The zero-order valence-corrected chi connectivity index (χ0v) is 19.6. The highest BCUT2D eigenvalue weighted by atomic mass is 16.6. The molecule has 0 fully saturated rings. The van der Waals surface area contributed by atoms with Crippen LogP contribution in [0.3, 0.4) is 0 Å². The molecule has 2 amide bonds. The minimum Gasteiger partial charge on any atom is -0.444 e. The number of aldehydes is 1. The van der Waals surface area contributed by atoms with Crippen molar-refractivity contribution in [1.82, 2.24) is 10.6 Å². The van der Waals surface area contributed by atoms with Gasteiger partial charge in [0.2, 0.25) is 0 Å². The summed E-state index contributed by atoms with van der Waals surface area (Å²) < 4.78 is 10.0. The number of amides is 2. The van der Waals surface area contributed by atoms with E-state index in [0.717, 1.165) is 19.1 Å². The second-order valence-corrected chi connectivity index (χ2v) is 8.79. The summed E-state index contributed by atoms with van der Waals surface area (Å²) in [5, 5.41) is 22.9. The largest absolute Gasteiger partial charge is 0.444 e. The minimum absolute atomic E-state index is 0.435. The third kappa shape index (κ3) is 17.7. The van der Waals surface area contributed by atoms with Gasteiger partial charge >= 0.3 is 12.2 Å². The molecule has 3 N–H and O–H groups in total. The molecule has 0 heterocycles. The van der Waals surface area contributed by atoms with Crippen LogP contribution in [-0.2, 0) is 14.3 Å². The summed E-state index contributed by atoms with van der Waals surface area (Å²) in [6, 6.07) is 0.689. The number of hydrogen-bond donors (Lipinski definition) is 3. The van der Waals surface area contributed by atoms with E-state index in [4.69, 9.17) is 14.7 Å². The minimum atomic E-state index is -1.20. The van der Waals surface area contributed by atoms with E-state index >= 15 is 0 Å². The number of carbonyl (C=O) groups is 3. The topological polar surface area (TPSA) is 138 Å². The van der Waals surface area contributed by atoms with E-state index in [2.05, 4.69) is 10.6 Å². The van der Waals surface area contributed by atoms with E-state index in [1.54, 1.807) is 47.6 Å². The summed E-state index contributed by atoms with van der Waals surface area (Å²) in [4.78, 5) is 33.1. The Kier molecular flexibility index (Phi) is 14.5. The first-order valence-electron chi connectivity index (χ1n) is 10.2. The average Bonchev–Trinajstić information content (AvgIpc) is 2.57. The fraction of sp³-hybridized carbons (Fsp3) is 0.810. The predicted octanol–water partition coefficient (Wildman–Crippen LogP) is 3.44. The molecule has 0 aromatic rings. The number of ether oxygens (including phenoxy) is 2.